The summed E-state index contributed by atoms with van der Waals surface area (Å²) in [5.74, 6) is 0.0930. The molecule has 1 aliphatic heterocycles. The van der Waals surface area contributed by atoms with Gasteiger partial charge in [0.1, 0.15) is 0 Å². The maximum absolute atomic E-state index is 12.8. The molecule has 0 fully saturated rings. The van der Waals surface area contributed by atoms with Crippen LogP contribution in [0.2, 0.25) is 0 Å². The van der Waals surface area contributed by atoms with Crippen molar-refractivity contribution >= 4 is 28.4 Å². The minimum absolute atomic E-state index is 0.437. The number of carbonyl (C=O) groups is 1. The van der Waals surface area contributed by atoms with Crippen LogP contribution in [-0.2, 0) is 16.1 Å². The van der Waals surface area contributed by atoms with Gasteiger partial charge in [0.2, 0.25) is 5.88 Å². The van der Waals surface area contributed by atoms with Crippen molar-refractivity contribution in [3.05, 3.63) is 65.1 Å². The highest BCUT2D eigenvalue weighted by Gasteiger charge is 2.36. The molecule has 8 heteroatoms. The molecule has 0 amide bonds. The number of hydrogen-bond donors (Lipinski definition) is 1. The number of anilines is 2. The molecule has 1 atom stereocenters. The van der Waals surface area contributed by atoms with Crippen LogP contribution in [0.25, 0.3) is 22.0 Å². The van der Waals surface area contributed by atoms with E-state index in [1.807, 2.05) is 34.6 Å². The van der Waals surface area contributed by atoms with Gasteiger partial charge >= 0.3 is 5.97 Å². The summed E-state index contributed by atoms with van der Waals surface area (Å²) in [7, 11) is 1.56. The number of aryl methyl sites for hydroxylation is 2. The molecule has 2 aromatic heterocycles. The van der Waals surface area contributed by atoms with Crippen LogP contribution in [0.15, 0.2) is 42.7 Å². The first-order valence-corrected chi connectivity index (χ1v) is 12.8. The van der Waals surface area contributed by atoms with Crippen LogP contribution in [-0.4, -0.2) is 44.9 Å². The van der Waals surface area contributed by atoms with Crippen LogP contribution < -0.4 is 9.64 Å². The van der Waals surface area contributed by atoms with Crippen molar-refractivity contribution in [2.24, 2.45) is 0 Å². The Labute approximate surface area is 222 Å². The predicted molar refractivity (Wildman–Crippen MR) is 148 cm³/mol. The second kappa shape index (κ2) is 9.44. The molecule has 198 valence electrons. The molecule has 0 spiro atoms. The summed E-state index contributed by atoms with van der Waals surface area (Å²) in [5.41, 5.74) is 6.93. The standard InChI is InChI=1S/C30H34N4O4/c1-17-8-10-20(11-9-17)25-21-14-18(2)33-12-13-34(22-15-32-23(37-7)16-31-22)26(27(21)33)19(3)24(25)28(29(35)36)38-30(4,5)6/h8-11,14-16,28H,12-13H2,1-7H3,(H,35,36)/t28-/m0/s1. The molecule has 1 aliphatic rings. The fourth-order valence-corrected chi connectivity index (χ4v) is 5.42. The highest BCUT2D eigenvalue weighted by molar-refractivity contribution is 6.08. The molecule has 0 unspecified atom stereocenters. The molecule has 2 aromatic carbocycles. The molecule has 0 aliphatic carbocycles. The van der Waals surface area contributed by atoms with E-state index < -0.39 is 17.7 Å². The van der Waals surface area contributed by atoms with Gasteiger partial charge in [0, 0.05) is 29.7 Å². The zero-order chi connectivity index (χ0) is 27.4. The van der Waals surface area contributed by atoms with E-state index in [4.69, 9.17) is 9.47 Å². The summed E-state index contributed by atoms with van der Waals surface area (Å²) in [6.07, 6.45) is 2.13. The number of ether oxygens (including phenoxy) is 2. The third-order valence-electron chi connectivity index (χ3n) is 7.04. The van der Waals surface area contributed by atoms with E-state index in [0.717, 1.165) is 51.1 Å². The maximum atomic E-state index is 12.8. The van der Waals surface area contributed by atoms with E-state index in [2.05, 4.69) is 56.7 Å². The molecule has 4 aromatic rings. The topological polar surface area (TPSA) is 89.7 Å². The Balaban J connectivity index is 1.88. The van der Waals surface area contributed by atoms with E-state index in [0.29, 0.717) is 23.8 Å². The summed E-state index contributed by atoms with van der Waals surface area (Å²) in [6, 6.07) is 10.4. The zero-order valence-electron chi connectivity index (χ0n) is 23.0. The van der Waals surface area contributed by atoms with Gasteiger partial charge in [-0.3, -0.25) is 0 Å². The van der Waals surface area contributed by atoms with Gasteiger partial charge < -0.3 is 24.0 Å². The lowest BCUT2D eigenvalue weighted by molar-refractivity contribution is -0.160. The number of carboxylic acids is 1. The van der Waals surface area contributed by atoms with Gasteiger partial charge in [-0.05, 0) is 64.3 Å². The zero-order valence-corrected chi connectivity index (χ0v) is 23.0. The molecular weight excluding hydrogens is 480 g/mol. The molecule has 3 heterocycles. The number of aromatic nitrogens is 3. The molecule has 8 nitrogen and oxygen atoms in total. The fraction of sp³-hybridized carbons (Fsp3) is 0.367. The van der Waals surface area contributed by atoms with Crippen molar-refractivity contribution in [3.8, 4) is 17.0 Å². The largest absolute Gasteiger partial charge is 0.480 e. The second-order valence-corrected chi connectivity index (χ2v) is 10.8. The number of nitrogens with zero attached hydrogens (tertiary/aromatic N) is 4. The monoisotopic (exact) mass is 514 g/mol. The maximum Gasteiger partial charge on any atom is 0.337 e. The normalized spacial score (nSPS) is 14.1. The van der Waals surface area contributed by atoms with E-state index in [1.54, 1.807) is 19.5 Å². The second-order valence-electron chi connectivity index (χ2n) is 10.8. The molecule has 38 heavy (non-hydrogen) atoms. The number of rotatable bonds is 6. The number of methoxy groups -OCH3 is 1. The average Bonchev–Trinajstić information content (AvgIpc) is 3.21. The SMILES string of the molecule is COc1cnc(N2CCn3c(C)cc4c(-c5ccc(C)cc5)c([C@H](OC(C)(C)C)C(=O)O)c(C)c2c43)cn1. The Hall–Kier alpha value is -3.91. The lowest BCUT2D eigenvalue weighted by Gasteiger charge is -2.35. The Bertz CT molecular complexity index is 1520. The quantitative estimate of drug-likeness (QED) is 0.331. The average molecular weight is 515 g/mol. The number of benzene rings is 2. The summed E-state index contributed by atoms with van der Waals surface area (Å²) in [5, 5.41) is 11.5. The minimum Gasteiger partial charge on any atom is -0.480 e. The Kier molecular flexibility index (Phi) is 6.39. The summed E-state index contributed by atoms with van der Waals surface area (Å²) < 4.78 is 13.8. The molecular formula is C30H34N4O4. The van der Waals surface area contributed by atoms with Gasteiger partial charge in [0.15, 0.2) is 11.9 Å². The van der Waals surface area contributed by atoms with Crippen molar-refractivity contribution in [2.45, 2.75) is 59.8 Å². The van der Waals surface area contributed by atoms with Gasteiger partial charge in [-0.1, -0.05) is 29.8 Å². The Morgan fingerprint density at radius 1 is 1.05 bits per heavy atom. The van der Waals surface area contributed by atoms with Crippen molar-refractivity contribution < 1.29 is 19.4 Å². The summed E-state index contributed by atoms with van der Waals surface area (Å²) in [4.78, 5) is 24.0. The van der Waals surface area contributed by atoms with Gasteiger partial charge in [-0.15, -0.1) is 0 Å². The minimum atomic E-state index is -1.17. The van der Waals surface area contributed by atoms with Crippen LogP contribution in [0.3, 0.4) is 0 Å². The van der Waals surface area contributed by atoms with Crippen molar-refractivity contribution in [3.63, 3.8) is 0 Å². The number of aliphatic carboxylic acids is 1. The molecule has 0 bridgehead atoms. The molecule has 0 saturated heterocycles. The van der Waals surface area contributed by atoms with E-state index in [9.17, 15) is 9.90 Å². The van der Waals surface area contributed by atoms with E-state index in [1.165, 1.54) is 0 Å². The van der Waals surface area contributed by atoms with Crippen molar-refractivity contribution in [1.29, 1.82) is 0 Å². The van der Waals surface area contributed by atoms with Gasteiger partial charge in [-0.25, -0.2) is 14.8 Å². The van der Waals surface area contributed by atoms with Crippen molar-refractivity contribution in [2.75, 3.05) is 18.6 Å². The number of hydrogen-bond acceptors (Lipinski definition) is 6. The van der Waals surface area contributed by atoms with Crippen LogP contribution in [0.4, 0.5) is 11.5 Å². The summed E-state index contributed by atoms with van der Waals surface area (Å²) in [6.45, 7) is 13.2. The number of carboxylic acid groups (broad SMARTS) is 1. The first kappa shape index (κ1) is 25.7. The first-order valence-electron chi connectivity index (χ1n) is 12.8. The first-order chi connectivity index (χ1) is 18.0. The van der Waals surface area contributed by atoms with Gasteiger partial charge in [-0.2, -0.15) is 0 Å². The third kappa shape index (κ3) is 4.39. The molecule has 1 N–H and O–H groups in total. The van der Waals surface area contributed by atoms with Crippen LogP contribution in [0, 0.1) is 20.8 Å². The Morgan fingerprint density at radius 3 is 2.34 bits per heavy atom. The summed E-state index contributed by atoms with van der Waals surface area (Å²) >= 11 is 0. The Morgan fingerprint density at radius 2 is 1.76 bits per heavy atom. The highest BCUT2D eigenvalue weighted by Crippen LogP contribution is 2.49. The molecule has 5 rings (SSSR count). The smallest absolute Gasteiger partial charge is 0.337 e. The highest BCUT2D eigenvalue weighted by atomic mass is 16.5. The van der Waals surface area contributed by atoms with E-state index >= 15 is 0 Å². The lowest BCUT2D eigenvalue weighted by Crippen LogP contribution is -2.31. The van der Waals surface area contributed by atoms with Gasteiger partial charge in [0.25, 0.3) is 0 Å². The van der Waals surface area contributed by atoms with Crippen molar-refractivity contribution in [1.82, 2.24) is 14.5 Å². The lowest BCUT2D eigenvalue weighted by atomic mass is 9.87. The van der Waals surface area contributed by atoms with Gasteiger partial charge in [0.05, 0.1) is 36.3 Å². The predicted octanol–water partition coefficient (Wildman–Crippen LogP) is 6.12. The third-order valence-corrected chi connectivity index (χ3v) is 7.04. The fourth-order valence-electron chi connectivity index (χ4n) is 5.42. The molecule has 0 saturated carbocycles. The van der Waals surface area contributed by atoms with E-state index in [-0.39, 0.29) is 0 Å². The van der Waals surface area contributed by atoms with Crippen LogP contribution >= 0.6 is 0 Å². The van der Waals surface area contributed by atoms with Crippen LogP contribution in [0.1, 0.15) is 49.3 Å². The molecule has 0 radical (unpaired) electrons. The van der Waals surface area contributed by atoms with Crippen LogP contribution in [0.5, 0.6) is 5.88 Å².